The Morgan fingerprint density at radius 2 is 1.17 bits per heavy atom. The fraction of sp³-hybridized carbons (Fsp3) is 0.727. The average Bonchev–Trinajstić information content (AvgIpc) is 3.12. The minimum absolute atomic E-state index is 0.156. The summed E-state index contributed by atoms with van der Waals surface area (Å²) < 4.78 is 26.3. The lowest BCUT2D eigenvalue weighted by atomic mass is 10.0. The molecule has 0 heterocycles. The number of aliphatic hydroxyl groups is 1. The van der Waals surface area contributed by atoms with Crippen LogP contribution in [0, 0.1) is 5.92 Å². The van der Waals surface area contributed by atoms with Crippen molar-refractivity contribution in [2.45, 2.75) is 187 Å². The molecule has 0 aromatic carbocycles. The Balaban J connectivity index is 4.06. The number of allylic oxidation sites excluding steroid dienone is 8. The second-order valence-electron chi connectivity index (χ2n) is 14.6. The molecule has 0 aliphatic rings. The molecule has 9 nitrogen and oxygen atoms in total. The summed E-state index contributed by atoms with van der Waals surface area (Å²) in [5.74, 6) is -0.163. The summed E-state index contributed by atoms with van der Waals surface area (Å²) in [4.78, 5) is 42.8. The van der Waals surface area contributed by atoms with Crippen molar-refractivity contribution in [1.82, 2.24) is 0 Å². The van der Waals surface area contributed by atoms with Crippen LogP contribution in [-0.4, -0.2) is 52.3 Å². The highest BCUT2D eigenvalue weighted by atomic mass is 31.2. The Labute approximate surface area is 329 Å². The topological polar surface area (TPSA) is 140 Å². The van der Waals surface area contributed by atoms with Gasteiger partial charge in [-0.2, -0.15) is 0 Å². The van der Waals surface area contributed by atoms with Crippen LogP contribution >= 0.6 is 7.82 Å². The van der Waals surface area contributed by atoms with E-state index in [1.165, 1.54) is 77.0 Å². The molecule has 10 heteroatoms. The van der Waals surface area contributed by atoms with Crippen molar-refractivity contribution in [3.63, 3.8) is 0 Å². The molecule has 0 aromatic heterocycles. The Kier molecular flexibility index (Phi) is 36.0. The van der Waals surface area contributed by atoms with Crippen LogP contribution in [0.2, 0.25) is 0 Å². The maximum Gasteiger partial charge on any atom is 0.469 e. The number of unbranched alkanes of at least 4 members (excludes halogenated alkanes) is 15. The number of aliphatic hydroxyl groups excluding tert-OH is 1. The zero-order valence-electron chi connectivity index (χ0n) is 34.1. The van der Waals surface area contributed by atoms with E-state index in [2.05, 4.69) is 37.4 Å². The fourth-order valence-electron chi connectivity index (χ4n) is 5.68. The molecule has 1 unspecified atom stereocenters. The van der Waals surface area contributed by atoms with Crippen molar-refractivity contribution in [2.75, 3.05) is 13.2 Å². The predicted molar refractivity (Wildman–Crippen MR) is 222 cm³/mol. The summed E-state index contributed by atoms with van der Waals surface area (Å²) in [6.07, 6.45) is 42.7. The van der Waals surface area contributed by atoms with Gasteiger partial charge < -0.3 is 24.4 Å². The van der Waals surface area contributed by atoms with Gasteiger partial charge in [0.15, 0.2) is 6.10 Å². The van der Waals surface area contributed by atoms with E-state index in [1.54, 1.807) is 6.08 Å². The van der Waals surface area contributed by atoms with E-state index in [9.17, 15) is 19.3 Å². The highest BCUT2D eigenvalue weighted by Gasteiger charge is 2.22. The van der Waals surface area contributed by atoms with Crippen molar-refractivity contribution >= 4 is 19.8 Å². The third-order valence-corrected chi connectivity index (χ3v) is 9.29. The molecule has 0 amide bonds. The van der Waals surface area contributed by atoms with Crippen LogP contribution in [0.3, 0.4) is 0 Å². The first-order valence-electron chi connectivity index (χ1n) is 21.0. The molecule has 0 aromatic rings. The number of esters is 2. The van der Waals surface area contributed by atoms with Gasteiger partial charge in [-0.1, -0.05) is 178 Å². The average molecular weight is 781 g/mol. The second kappa shape index (κ2) is 37.6. The zero-order valence-corrected chi connectivity index (χ0v) is 35.0. The van der Waals surface area contributed by atoms with E-state index in [-0.39, 0.29) is 19.4 Å². The Hall–Kier alpha value is -2.29. The Bertz CT molecular complexity index is 1090. The number of rotatable bonds is 37. The third kappa shape index (κ3) is 40.9. The first-order valence-corrected chi connectivity index (χ1v) is 22.6. The lowest BCUT2D eigenvalue weighted by molar-refractivity contribution is -0.161. The van der Waals surface area contributed by atoms with Crippen molar-refractivity contribution in [3.05, 3.63) is 60.8 Å². The molecule has 0 radical (unpaired) electrons. The molecule has 0 rings (SSSR count). The lowest BCUT2D eigenvalue weighted by Gasteiger charge is -2.18. The maximum absolute atomic E-state index is 12.4. The first-order chi connectivity index (χ1) is 26.0. The lowest BCUT2D eigenvalue weighted by Crippen LogP contribution is -2.29. The highest BCUT2D eigenvalue weighted by Crippen LogP contribution is 2.36. The summed E-state index contributed by atoms with van der Waals surface area (Å²) in [5.41, 5.74) is 0. The van der Waals surface area contributed by atoms with Crippen molar-refractivity contribution in [2.24, 2.45) is 5.92 Å². The van der Waals surface area contributed by atoms with Gasteiger partial charge in [0.2, 0.25) is 0 Å². The van der Waals surface area contributed by atoms with Crippen LogP contribution in [-0.2, 0) is 28.2 Å². The van der Waals surface area contributed by atoms with Crippen LogP contribution in [0.25, 0.3) is 0 Å². The molecule has 3 N–H and O–H groups in total. The molecule has 0 fully saturated rings. The fourth-order valence-corrected chi connectivity index (χ4v) is 6.04. The van der Waals surface area contributed by atoms with Gasteiger partial charge in [-0.05, 0) is 50.9 Å². The van der Waals surface area contributed by atoms with Gasteiger partial charge in [0, 0.05) is 12.8 Å². The number of hydrogen-bond donors (Lipinski definition) is 3. The van der Waals surface area contributed by atoms with Crippen molar-refractivity contribution in [1.29, 1.82) is 0 Å². The number of phosphoric acid groups is 1. The first kappa shape index (κ1) is 51.7. The van der Waals surface area contributed by atoms with Crippen molar-refractivity contribution < 1.29 is 43.0 Å². The Morgan fingerprint density at radius 1 is 0.630 bits per heavy atom. The van der Waals surface area contributed by atoms with Gasteiger partial charge in [0.25, 0.3) is 0 Å². The van der Waals surface area contributed by atoms with Gasteiger partial charge in [-0.25, -0.2) is 4.57 Å². The van der Waals surface area contributed by atoms with Gasteiger partial charge in [0.05, 0.1) is 12.7 Å². The smallest absolute Gasteiger partial charge is 0.462 e. The quantitative estimate of drug-likeness (QED) is 0.0185. The molecule has 0 bridgehead atoms. The number of ether oxygens (including phenoxy) is 2. The van der Waals surface area contributed by atoms with E-state index in [0.717, 1.165) is 44.4 Å². The molecular formula is C44H77O9P. The van der Waals surface area contributed by atoms with Gasteiger partial charge in [-0.3, -0.25) is 14.1 Å². The summed E-state index contributed by atoms with van der Waals surface area (Å²) in [7, 11) is -4.78. The van der Waals surface area contributed by atoms with E-state index in [4.69, 9.17) is 19.3 Å². The van der Waals surface area contributed by atoms with E-state index < -0.39 is 38.6 Å². The predicted octanol–water partition coefficient (Wildman–Crippen LogP) is 11.7. The highest BCUT2D eigenvalue weighted by molar-refractivity contribution is 7.46. The molecule has 0 saturated heterocycles. The van der Waals surface area contributed by atoms with E-state index in [0.29, 0.717) is 25.7 Å². The van der Waals surface area contributed by atoms with Gasteiger partial charge in [0.1, 0.15) is 6.61 Å². The van der Waals surface area contributed by atoms with Gasteiger partial charge in [-0.15, -0.1) is 0 Å². The summed E-state index contributed by atoms with van der Waals surface area (Å²) in [5, 5.41) is 9.98. The molecule has 0 saturated carbocycles. The molecular weight excluding hydrogens is 703 g/mol. The molecule has 0 spiro atoms. The molecule has 0 aliphatic carbocycles. The third-order valence-electron chi connectivity index (χ3n) is 8.81. The Morgan fingerprint density at radius 3 is 1.76 bits per heavy atom. The number of carbonyl (C=O) groups is 2. The van der Waals surface area contributed by atoms with Crippen LogP contribution < -0.4 is 0 Å². The SMILES string of the molecule is CC/C=C\C/C=C\CC(O)/C=C/C=C\C/C=C\CCCC(=O)OC[C@H](COP(=O)(O)O)OC(=O)CCCCCCCCCCCCCCCCCC(C)C. The monoisotopic (exact) mass is 781 g/mol. The normalized spacial score (nSPS) is 13.8. The minimum Gasteiger partial charge on any atom is -0.462 e. The van der Waals surface area contributed by atoms with Crippen LogP contribution in [0.1, 0.15) is 175 Å². The number of phosphoric ester groups is 1. The summed E-state index contributed by atoms with van der Waals surface area (Å²) in [6, 6.07) is 0. The van der Waals surface area contributed by atoms with Crippen LogP contribution in [0.15, 0.2) is 60.8 Å². The molecule has 2 atom stereocenters. The van der Waals surface area contributed by atoms with Crippen LogP contribution in [0.4, 0.5) is 0 Å². The maximum atomic E-state index is 12.4. The summed E-state index contributed by atoms with van der Waals surface area (Å²) >= 11 is 0. The number of carbonyl (C=O) groups excluding carboxylic acids is 2. The van der Waals surface area contributed by atoms with E-state index >= 15 is 0 Å². The standard InChI is InChI=1S/C44H77O9P/c1-4-5-6-7-24-29-34-41(45)35-30-25-20-17-18-21-26-31-36-43(46)51-38-42(39-52-54(48,49)50)53-44(47)37-32-27-22-16-14-12-10-8-9-11-13-15-19-23-28-33-40(2)3/h5-6,18,20-21,24-25,29-30,35,40-42,45H,4,7-17,19,22-23,26-28,31-34,36-39H2,1-3H3,(H2,48,49,50)/b6-5-,21-18-,25-20-,29-24-,35-30+/t41?,42-/m1/s1. The van der Waals surface area contributed by atoms with Gasteiger partial charge >= 0.3 is 19.8 Å². The van der Waals surface area contributed by atoms with Crippen LogP contribution in [0.5, 0.6) is 0 Å². The largest absolute Gasteiger partial charge is 0.469 e. The summed E-state index contributed by atoms with van der Waals surface area (Å²) in [6.45, 7) is 5.79. The second-order valence-corrected chi connectivity index (χ2v) is 15.9. The number of hydrogen-bond acceptors (Lipinski definition) is 7. The van der Waals surface area contributed by atoms with E-state index in [1.807, 2.05) is 42.5 Å². The molecule has 312 valence electrons. The molecule has 54 heavy (non-hydrogen) atoms. The zero-order chi connectivity index (χ0) is 40.0. The van der Waals surface area contributed by atoms with Crippen molar-refractivity contribution in [3.8, 4) is 0 Å². The minimum atomic E-state index is -4.78. The molecule has 0 aliphatic heterocycles.